The van der Waals surface area contributed by atoms with Gasteiger partial charge in [0.25, 0.3) is 0 Å². The van der Waals surface area contributed by atoms with Crippen molar-refractivity contribution in [1.29, 1.82) is 0 Å². The molecule has 0 bridgehead atoms. The Morgan fingerprint density at radius 3 is 2.35 bits per heavy atom. The molecule has 0 aromatic rings. The van der Waals surface area contributed by atoms with Gasteiger partial charge in [-0.25, -0.2) is 0 Å². The fraction of sp³-hybridized carbons (Fsp3) is 0.833. The molecule has 1 rings (SSSR count). The number of piperidine rings is 1. The highest BCUT2D eigenvalue weighted by molar-refractivity contribution is 5.80. The minimum Gasteiger partial charge on any atom is -0.481 e. The van der Waals surface area contributed by atoms with Gasteiger partial charge in [0.15, 0.2) is 0 Å². The van der Waals surface area contributed by atoms with Gasteiger partial charge >= 0.3 is 11.9 Å². The number of carboxylic acid groups (broad SMARTS) is 2. The number of carboxylic acids is 2. The second kappa shape index (κ2) is 6.00. The number of rotatable bonds is 5. The topological polar surface area (TPSA) is 77.8 Å². The van der Waals surface area contributed by atoms with Crippen LogP contribution in [-0.4, -0.2) is 46.7 Å². The molecule has 1 aliphatic heterocycles. The summed E-state index contributed by atoms with van der Waals surface area (Å²) in [6, 6.07) is 0. The molecule has 0 aromatic carbocycles. The molecule has 1 fully saturated rings. The van der Waals surface area contributed by atoms with E-state index in [1.165, 1.54) is 0 Å². The third kappa shape index (κ3) is 3.70. The lowest BCUT2D eigenvalue weighted by Gasteiger charge is -2.35. The van der Waals surface area contributed by atoms with Crippen LogP contribution in [0.25, 0.3) is 0 Å². The molecule has 0 radical (unpaired) electrons. The summed E-state index contributed by atoms with van der Waals surface area (Å²) in [5.74, 6) is -2.97. The Bertz CT molecular complexity index is 292. The van der Waals surface area contributed by atoms with E-state index in [2.05, 4.69) is 18.7 Å². The first-order valence-corrected chi connectivity index (χ1v) is 6.13. The van der Waals surface area contributed by atoms with Crippen molar-refractivity contribution < 1.29 is 19.8 Å². The number of aliphatic carboxylic acids is 2. The van der Waals surface area contributed by atoms with E-state index in [1.54, 1.807) is 0 Å². The summed E-state index contributed by atoms with van der Waals surface area (Å²) in [7, 11) is 0. The first kappa shape index (κ1) is 14.0. The number of likely N-dealkylation sites (tertiary alicyclic amines) is 1. The third-order valence-electron chi connectivity index (χ3n) is 3.60. The van der Waals surface area contributed by atoms with E-state index in [1.807, 2.05) is 0 Å². The normalized spacial score (nSPS) is 27.6. The van der Waals surface area contributed by atoms with E-state index in [9.17, 15) is 9.59 Å². The number of carbonyl (C=O) groups is 2. The molecule has 98 valence electrons. The Morgan fingerprint density at radius 1 is 1.29 bits per heavy atom. The van der Waals surface area contributed by atoms with Gasteiger partial charge in [-0.2, -0.15) is 0 Å². The molecule has 5 nitrogen and oxygen atoms in total. The van der Waals surface area contributed by atoms with Crippen LogP contribution in [0.2, 0.25) is 0 Å². The SMILES string of the molecule is CCC(C)CN1CCC(C(=O)O)C(C(=O)O)C1. The van der Waals surface area contributed by atoms with Gasteiger partial charge in [0.05, 0.1) is 11.8 Å². The molecule has 0 aromatic heterocycles. The van der Waals surface area contributed by atoms with Crippen LogP contribution < -0.4 is 0 Å². The molecule has 0 spiro atoms. The van der Waals surface area contributed by atoms with E-state index in [4.69, 9.17) is 10.2 Å². The van der Waals surface area contributed by atoms with Gasteiger partial charge in [0.1, 0.15) is 0 Å². The van der Waals surface area contributed by atoms with E-state index in [0.29, 0.717) is 25.4 Å². The maximum Gasteiger partial charge on any atom is 0.308 e. The van der Waals surface area contributed by atoms with Crippen LogP contribution in [0.3, 0.4) is 0 Å². The average Bonchev–Trinajstić information content (AvgIpc) is 2.28. The van der Waals surface area contributed by atoms with Gasteiger partial charge in [-0.1, -0.05) is 20.3 Å². The van der Waals surface area contributed by atoms with Gasteiger partial charge in [-0.3, -0.25) is 9.59 Å². The molecule has 1 aliphatic rings. The molecule has 0 amide bonds. The summed E-state index contributed by atoms with van der Waals surface area (Å²) in [4.78, 5) is 24.1. The van der Waals surface area contributed by atoms with E-state index >= 15 is 0 Å². The maximum absolute atomic E-state index is 11.1. The van der Waals surface area contributed by atoms with E-state index in [0.717, 1.165) is 13.0 Å². The van der Waals surface area contributed by atoms with Crippen molar-refractivity contribution in [3.63, 3.8) is 0 Å². The molecule has 5 heteroatoms. The second-order valence-electron chi connectivity index (χ2n) is 4.95. The highest BCUT2D eigenvalue weighted by Crippen LogP contribution is 2.25. The largest absolute Gasteiger partial charge is 0.481 e. The van der Waals surface area contributed by atoms with Gasteiger partial charge in [-0.15, -0.1) is 0 Å². The minimum atomic E-state index is -0.994. The fourth-order valence-electron chi connectivity index (χ4n) is 2.30. The molecule has 3 atom stereocenters. The van der Waals surface area contributed by atoms with Gasteiger partial charge in [0, 0.05) is 13.1 Å². The molecule has 1 heterocycles. The van der Waals surface area contributed by atoms with Crippen LogP contribution in [0.15, 0.2) is 0 Å². The molecule has 3 unspecified atom stereocenters. The Morgan fingerprint density at radius 2 is 1.88 bits per heavy atom. The number of nitrogens with zero attached hydrogens (tertiary/aromatic N) is 1. The van der Waals surface area contributed by atoms with Crippen LogP contribution in [0, 0.1) is 17.8 Å². The summed E-state index contributed by atoms with van der Waals surface area (Å²) in [5, 5.41) is 18.1. The first-order valence-electron chi connectivity index (χ1n) is 6.13. The van der Waals surface area contributed by atoms with Crippen LogP contribution >= 0.6 is 0 Å². The Balaban J connectivity index is 2.62. The third-order valence-corrected chi connectivity index (χ3v) is 3.60. The summed E-state index contributed by atoms with van der Waals surface area (Å²) < 4.78 is 0. The zero-order valence-electron chi connectivity index (χ0n) is 10.4. The first-order chi connectivity index (χ1) is 7.95. The maximum atomic E-state index is 11.1. The second-order valence-corrected chi connectivity index (χ2v) is 4.95. The minimum absolute atomic E-state index is 0.358. The predicted octanol–water partition coefficient (Wildman–Crippen LogP) is 1.14. The van der Waals surface area contributed by atoms with Crippen LogP contribution in [0.1, 0.15) is 26.7 Å². The molecular formula is C12H21NO4. The highest BCUT2D eigenvalue weighted by Gasteiger charge is 2.38. The van der Waals surface area contributed by atoms with Gasteiger partial charge in [0.2, 0.25) is 0 Å². The summed E-state index contributed by atoms with van der Waals surface area (Å²) in [6.45, 7) is 6.12. The van der Waals surface area contributed by atoms with Crippen molar-refractivity contribution in [3.8, 4) is 0 Å². The monoisotopic (exact) mass is 243 g/mol. The molecular weight excluding hydrogens is 222 g/mol. The summed E-state index contributed by atoms with van der Waals surface area (Å²) in [5.41, 5.74) is 0. The average molecular weight is 243 g/mol. The lowest BCUT2D eigenvalue weighted by molar-refractivity contribution is -0.157. The van der Waals surface area contributed by atoms with Crippen LogP contribution in [0.5, 0.6) is 0 Å². The Kier molecular flexibility index (Phi) is 4.93. The zero-order chi connectivity index (χ0) is 13.0. The van der Waals surface area contributed by atoms with Crippen LogP contribution in [0.4, 0.5) is 0 Å². The van der Waals surface area contributed by atoms with Crippen molar-refractivity contribution in [2.24, 2.45) is 17.8 Å². The smallest absolute Gasteiger partial charge is 0.308 e. The van der Waals surface area contributed by atoms with Crippen molar-refractivity contribution in [2.75, 3.05) is 19.6 Å². The number of hydrogen-bond acceptors (Lipinski definition) is 3. The number of hydrogen-bond donors (Lipinski definition) is 2. The lowest BCUT2D eigenvalue weighted by Crippen LogP contribution is -2.47. The van der Waals surface area contributed by atoms with Crippen molar-refractivity contribution in [2.45, 2.75) is 26.7 Å². The predicted molar refractivity (Wildman–Crippen MR) is 62.8 cm³/mol. The van der Waals surface area contributed by atoms with Crippen molar-refractivity contribution in [3.05, 3.63) is 0 Å². The molecule has 2 N–H and O–H groups in total. The lowest BCUT2D eigenvalue weighted by atomic mass is 9.85. The molecule has 0 aliphatic carbocycles. The zero-order valence-corrected chi connectivity index (χ0v) is 10.4. The van der Waals surface area contributed by atoms with E-state index in [-0.39, 0.29) is 0 Å². The Labute approximate surface area is 101 Å². The van der Waals surface area contributed by atoms with E-state index < -0.39 is 23.8 Å². The summed E-state index contributed by atoms with van der Waals surface area (Å²) >= 11 is 0. The van der Waals surface area contributed by atoms with Crippen molar-refractivity contribution >= 4 is 11.9 Å². The van der Waals surface area contributed by atoms with Crippen molar-refractivity contribution in [1.82, 2.24) is 4.90 Å². The van der Waals surface area contributed by atoms with Crippen LogP contribution in [-0.2, 0) is 9.59 Å². The highest BCUT2D eigenvalue weighted by atomic mass is 16.4. The van der Waals surface area contributed by atoms with Gasteiger partial charge in [-0.05, 0) is 18.9 Å². The van der Waals surface area contributed by atoms with Gasteiger partial charge < -0.3 is 15.1 Å². The summed E-state index contributed by atoms with van der Waals surface area (Å²) in [6.07, 6.45) is 1.49. The quantitative estimate of drug-likeness (QED) is 0.757. The Hall–Kier alpha value is -1.10. The molecule has 17 heavy (non-hydrogen) atoms. The standard InChI is InChI=1S/C12H21NO4/c1-3-8(2)6-13-5-4-9(11(14)15)10(7-13)12(16)17/h8-10H,3-7H2,1-2H3,(H,14,15)(H,16,17). The molecule has 1 saturated heterocycles. The fourth-order valence-corrected chi connectivity index (χ4v) is 2.30. The molecule has 0 saturated carbocycles.